The van der Waals surface area contributed by atoms with Gasteiger partial charge in [0.05, 0.1) is 7.05 Å². The third-order valence-electron chi connectivity index (χ3n) is 11.5. The van der Waals surface area contributed by atoms with Crippen LogP contribution in [0, 0.1) is 12.3 Å². The maximum atomic E-state index is 9.30. The lowest BCUT2D eigenvalue weighted by atomic mass is 9.71. The summed E-state index contributed by atoms with van der Waals surface area (Å²) < 4.78 is 27.1. The number of furan rings is 2. The zero-order valence-electron chi connectivity index (χ0n) is 31.9. The Labute approximate surface area is 301 Å². The minimum atomic E-state index is -0.550. The summed E-state index contributed by atoms with van der Waals surface area (Å²) in [5, 5.41) is 4.40. The lowest BCUT2D eigenvalue weighted by molar-refractivity contribution is -0.659. The Kier molecular flexibility index (Phi) is 6.90. The van der Waals surface area contributed by atoms with Crippen LogP contribution in [0.25, 0.3) is 72.1 Å². The van der Waals surface area contributed by atoms with Crippen molar-refractivity contribution >= 4 is 43.9 Å². The van der Waals surface area contributed by atoms with Gasteiger partial charge in [-0.3, -0.25) is 0 Å². The standard InChI is InChI=1S/C47H47N2O2/c1-29-12-16-36-34-17-14-33(31-15-19-40-37(26-31)35-18-13-32(27-41(35)50-40)30-20-22-47(5,6)23-21-30)28-42(34)51-44(36)43(29)45-48(7)24-25-49(45)39-11-9-8-10-38(39)46(2,3)4/h8-19,24-28,30H,20-23H2,1-7H3/q+1/i30D. The predicted octanol–water partition coefficient (Wildman–Crippen LogP) is 12.7. The Morgan fingerprint density at radius 3 is 2.25 bits per heavy atom. The molecule has 0 amide bonds. The highest BCUT2D eigenvalue weighted by Gasteiger charge is 2.30. The molecule has 0 spiro atoms. The lowest BCUT2D eigenvalue weighted by Gasteiger charge is -2.34. The second-order valence-electron chi connectivity index (χ2n) is 16.6. The van der Waals surface area contributed by atoms with Crippen molar-refractivity contribution in [3.05, 3.63) is 120 Å². The average Bonchev–Trinajstić information content (AvgIpc) is 3.81. The van der Waals surface area contributed by atoms with Crippen molar-refractivity contribution in [3.8, 4) is 28.2 Å². The molecule has 3 heterocycles. The molecule has 1 aliphatic carbocycles. The summed E-state index contributed by atoms with van der Waals surface area (Å²) in [6.45, 7) is 13.6. The van der Waals surface area contributed by atoms with Crippen molar-refractivity contribution in [3.63, 3.8) is 0 Å². The molecule has 1 aliphatic rings. The van der Waals surface area contributed by atoms with Crippen LogP contribution in [-0.4, -0.2) is 4.57 Å². The van der Waals surface area contributed by atoms with E-state index in [1.165, 1.54) is 16.8 Å². The van der Waals surface area contributed by atoms with E-state index in [0.717, 1.165) is 97.6 Å². The fourth-order valence-corrected chi connectivity index (χ4v) is 8.38. The first kappa shape index (κ1) is 30.7. The third-order valence-corrected chi connectivity index (χ3v) is 11.5. The molecule has 0 atom stereocenters. The molecule has 3 aromatic heterocycles. The number of hydrogen-bond acceptors (Lipinski definition) is 2. The number of fused-ring (bicyclic) bond motifs is 6. The minimum Gasteiger partial charge on any atom is -0.456 e. The highest BCUT2D eigenvalue weighted by Crippen LogP contribution is 2.44. The number of hydrogen-bond donors (Lipinski definition) is 0. The van der Waals surface area contributed by atoms with E-state index in [-0.39, 0.29) is 5.41 Å². The van der Waals surface area contributed by atoms with Gasteiger partial charge in [0.2, 0.25) is 0 Å². The van der Waals surface area contributed by atoms with E-state index < -0.39 is 5.89 Å². The van der Waals surface area contributed by atoms with Crippen LogP contribution in [0.15, 0.2) is 112 Å². The fraction of sp³-hybridized carbons (Fsp3) is 0.298. The van der Waals surface area contributed by atoms with Gasteiger partial charge in [-0.25, -0.2) is 4.57 Å². The highest BCUT2D eigenvalue weighted by atomic mass is 16.3. The van der Waals surface area contributed by atoms with Crippen molar-refractivity contribution in [2.75, 3.05) is 0 Å². The average molecular weight is 673 g/mol. The third kappa shape index (κ3) is 5.30. The zero-order chi connectivity index (χ0) is 36.2. The predicted molar refractivity (Wildman–Crippen MR) is 211 cm³/mol. The van der Waals surface area contributed by atoms with Crippen molar-refractivity contribution in [2.45, 2.75) is 78.5 Å². The smallest absolute Gasteiger partial charge is 0.297 e. The van der Waals surface area contributed by atoms with Gasteiger partial charge >= 0.3 is 0 Å². The van der Waals surface area contributed by atoms with Crippen molar-refractivity contribution in [1.29, 1.82) is 0 Å². The Bertz CT molecular complexity index is 2690. The zero-order valence-corrected chi connectivity index (χ0v) is 30.9. The van der Waals surface area contributed by atoms with Gasteiger partial charge in [-0.1, -0.05) is 89.2 Å². The molecule has 9 rings (SSSR count). The van der Waals surface area contributed by atoms with Crippen LogP contribution in [-0.2, 0) is 12.5 Å². The number of nitrogens with zero attached hydrogens (tertiary/aromatic N) is 2. The SMILES string of the molecule is [2H]C1(c2ccc3c(c2)oc2ccc(-c4ccc5c(c4)oc4c(-c6n(-c7ccccc7C(C)(C)C)cc[n+]6C)c(C)ccc45)cc23)CCC(C)(C)CC1. The summed E-state index contributed by atoms with van der Waals surface area (Å²) in [6, 6.07) is 32.6. The highest BCUT2D eigenvalue weighted by molar-refractivity contribution is 6.11. The van der Waals surface area contributed by atoms with Crippen molar-refractivity contribution in [2.24, 2.45) is 12.5 Å². The molecular weight excluding hydrogens is 625 g/mol. The van der Waals surface area contributed by atoms with E-state index in [1.807, 2.05) is 0 Å². The molecule has 1 saturated carbocycles. The Balaban J connectivity index is 1.13. The molecule has 0 bridgehead atoms. The van der Waals surface area contributed by atoms with Crippen LogP contribution in [0.4, 0.5) is 0 Å². The second-order valence-corrected chi connectivity index (χ2v) is 16.6. The monoisotopic (exact) mass is 672 g/mol. The number of aromatic nitrogens is 2. The molecule has 256 valence electrons. The molecule has 4 heteroatoms. The van der Waals surface area contributed by atoms with E-state index >= 15 is 0 Å². The number of imidazole rings is 1. The van der Waals surface area contributed by atoms with Gasteiger partial charge in [-0.15, -0.1) is 0 Å². The summed E-state index contributed by atoms with van der Waals surface area (Å²) in [4.78, 5) is 0. The molecule has 0 radical (unpaired) electrons. The molecule has 5 aromatic carbocycles. The summed E-state index contributed by atoms with van der Waals surface area (Å²) in [5.74, 6) is 0.536. The van der Waals surface area contributed by atoms with Crippen LogP contribution < -0.4 is 4.57 Å². The molecule has 0 saturated heterocycles. The lowest BCUT2D eigenvalue weighted by Crippen LogP contribution is -2.29. The van der Waals surface area contributed by atoms with Gasteiger partial charge in [-0.2, -0.15) is 4.57 Å². The Morgan fingerprint density at radius 1 is 0.765 bits per heavy atom. The number of rotatable bonds is 4. The first-order valence-corrected chi connectivity index (χ1v) is 18.4. The molecule has 1 fully saturated rings. The first-order valence-electron chi connectivity index (χ1n) is 18.9. The van der Waals surface area contributed by atoms with Gasteiger partial charge in [0, 0.05) is 28.5 Å². The molecule has 8 aromatic rings. The Morgan fingerprint density at radius 2 is 1.45 bits per heavy atom. The number of benzene rings is 5. The van der Waals surface area contributed by atoms with Gasteiger partial charge < -0.3 is 8.83 Å². The van der Waals surface area contributed by atoms with Gasteiger partial charge in [-0.05, 0) is 108 Å². The second kappa shape index (κ2) is 11.5. The summed E-state index contributed by atoms with van der Waals surface area (Å²) in [7, 11) is 2.11. The maximum Gasteiger partial charge on any atom is 0.297 e. The fourth-order valence-electron chi connectivity index (χ4n) is 8.38. The van der Waals surface area contributed by atoms with Crippen LogP contribution >= 0.6 is 0 Å². The topological polar surface area (TPSA) is 35.1 Å². The summed E-state index contributed by atoms with van der Waals surface area (Å²) >= 11 is 0. The van der Waals surface area contributed by atoms with E-state index in [4.69, 9.17) is 8.83 Å². The summed E-state index contributed by atoms with van der Waals surface area (Å²) in [5.41, 5.74) is 11.8. The first-order chi connectivity index (χ1) is 24.8. The molecule has 4 nitrogen and oxygen atoms in total. The largest absolute Gasteiger partial charge is 0.456 e. The van der Waals surface area contributed by atoms with Crippen molar-refractivity contribution in [1.82, 2.24) is 4.57 Å². The maximum absolute atomic E-state index is 9.30. The van der Waals surface area contributed by atoms with Crippen LogP contribution in [0.2, 0.25) is 0 Å². The minimum absolute atomic E-state index is 0.0143. The Hall–Kier alpha value is -5.09. The van der Waals surface area contributed by atoms with Crippen LogP contribution in [0.1, 0.15) is 84.3 Å². The summed E-state index contributed by atoms with van der Waals surface area (Å²) in [6.07, 6.45) is 8.22. The molecule has 51 heavy (non-hydrogen) atoms. The van der Waals surface area contributed by atoms with Gasteiger partial charge in [0.1, 0.15) is 40.4 Å². The normalized spacial score (nSPS) is 16.4. The van der Waals surface area contributed by atoms with Crippen LogP contribution in [0.3, 0.4) is 0 Å². The van der Waals surface area contributed by atoms with E-state index in [0.29, 0.717) is 5.41 Å². The number of para-hydroxylation sites is 1. The van der Waals surface area contributed by atoms with Crippen molar-refractivity contribution < 1.29 is 14.8 Å². The van der Waals surface area contributed by atoms with E-state index in [2.05, 4.69) is 161 Å². The molecule has 0 aliphatic heterocycles. The van der Waals surface area contributed by atoms with Crippen LogP contribution in [0.5, 0.6) is 0 Å². The molecular formula is C47H47N2O2+. The molecule has 0 N–H and O–H groups in total. The van der Waals surface area contributed by atoms with Gasteiger partial charge in [0.15, 0.2) is 5.58 Å². The quantitative estimate of drug-likeness (QED) is 0.174. The number of aryl methyl sites for hydroxylation is 2. The van der Waals surface area contributed by atoms with E-state index in [9.17, 15) is 1.37 Å². The molecule has 0 unspecified atom stereocenters. The van der Waals surface area contributed by atoms with Gasteiger partial charge in [0.25, 0.3) is 5.82 Å². The van der Waals surface area contributed by atoms with E-state index in [1.54, 1.807) is 0 Å².